The number of oxazole rings is 1. The first kappa shape index (κ1) is 27.7. The van der Waals surface area contributed by atoms with Gasteiger partial charge in [0, 0.05) is 18.7 Å². The van der Waals surface area contributed by atoms with E-state index in [0.29, 0.717) is 37.3 Å². The lowest BCUT2D eigenvalue weighted by atomic mass is 10.0. The monoisotopic (exact) mass is 486 g/mol. The highest BCUT2D eigenvalue weighted by Gasteiger charge is 2.28. The van der Waals surface area contributed by atoms with Gasteiger partial charge in [0.25, 0.3) is 5.91 Å². The molecule has 10 nitrogen and oxygen atoms in total. The lowest BCUT2D eigenvalue weighted by molar-refractivity contribution is 0.0489. The van der Waals surface area contributed by atoms with E-state index in [-0.39, 0.29) is 29.4 Å². The Morgan fingerprint density at radius 2 is 1.74 bits per heavy atom. The van der Waals surface area contributed by atoms with Crippen molar-refractivity contribution in [3.8, 4) is 11.3 Å². The molecule has 1 atom stereocenters. The number of hydrogen-bond acceptors (Lipinski definition) is 6. The zero-order valence-corrected chi connectivity index (χ0v) is 21.2. The molecule has 6 N–H and O–H groups in total. The molecule has 10 heteroatoms. The average Bonchev–Trinajstić information content (AvgIpc) is 3.20. The Labute approximate surface area is 206 Å². The van der Waals surface area contributed by atoms with Crippen LogP contribution in [0.2, 0.25) is 0 Å². The third kappa shape index (κ3) is 9.68. The minimum absolute atomic E-state index is 0.0763. The molecule has 0 bridgehead atoms. The lowest BCUT2D eigenvalue weighted by Crippen LogP contribution is -2.35. The van der Waals surface area contributed by atoms with E-state index >= 15 is 0 Å². The maximum Gasteiger partial charge on any atom is 0.408 e. The molecule has 0 aliphatic carbocycles. The van der Waals surface area contributed by atoms with E-state index in [2.05, 4.69) is 20.9 Å². The van der Waals surface area contributed by atoms with Crippen molar-refractivity contribution in [3.63, 3.8) is 0 Å². The number of carbonyl (C=O) groups is 2. The van der Waals surface area contributed by atoms with Gasteiger partial charge in [0.05, 0.1) is 0 Å². The summed E-state index contributed by atoms with van der Waals surface area (Å²) < 4.78 is 11.5. The molecule has 0 aliphatic rings. The minimum atomic E-state index is -0.650. The van der Waals surface area contributed by atoms with Crippen LogP contribution in [-0.2, 0) is 4.74 Å². The highest BCUT2D eigenvalue weighted by molar-refractivity contribution is 5.97. The number of benzene rings is 1. The van der Waals surface area contributed by atoms with Crippen LogP contribution < -0.4 is 21.7 Å². The smallest absolute Gasteiger partial charge is 0.408 e. The van der Waals surface area contributed by atoms with Crippen molar-refractivity contribution in [2.75, 3.05) is 13.1 Å². The quantitative estimate of drug-likeness (QED) is 0.183. The summed E-state index contributed by atoms with van der Waals surface area (Å²) in [6.45, 7) is 10.4. The van der Waals surface area contributed by atoms with Crippen LogP contribution in [0, 0.1) is 11.3 Å². The molecule has 0 saturated heterocycles. The number of unbranched alkanes of at least 4 members (excludes halogenated alkanes) is 1. The molecular formula is C25H38N6O4. The molecular weight excluding hydrogens is 448 g/mol. The molecule has 35 heavy (non-hydrogen) atoms. The van der Waals surface area contributed by atoms with Crippen molar-refractivity contribution in [1.82, 2.24) is 20.9 Å². The maximum atomic E-state index is 13.0. The molecule has 0 aliphatic heterocycles. The van der Waals surface area contributed by atoms with Crippen LogP contribution in [0.4, 0.5) is 4.79 Å². The van der Waals surface area contributed by atoms with E-state index < -0.39 is 17.7 Å². The predicted octanol–water partition coefficient (Wildman–Crippen LogP) is 3.95. The Kier molecular flexibility index (Phi) is 10.1. The fourth-order valence-electron chi connectivity index (χ4n) is 3.33. The lowest BCUT2D eigenvalue weighted by Gasteiger charge is -2.23. The van der Waals surface area contributed by atoms with Crippen LogP contribution in [0.5, 0.6) is 0 Å². The van der Waals surface area contributed by atoms with Gasteiger partial charge in [-0.15, -0.1) is 0 Å². The van der Waals surface area contributed by atoms with E-state index in [1.807, 2.05) is 44.2 Å². The summed E-state index contributed by atoms with van der Waals surface area (Å²) in [5.74, 6) is 0.379. The van der Waals surface area contributed by atoms with Crippen LogP contribution in [0.1, 0.15) is 76.3 Å². The van der Waals surface area contributed by atoms with Crippen LogP contribution in [0.15, 0.2) is 34.7 Å². The molecule has 0 saturated carbocycles. The van der Waals surface area contributed by atoms with Gasteiger partial charge in [-0.05, 0) is 46.0 Å². The second-order valence-electron chi connectivity index (χ2n) is 9.73. The molecule has 1 aromatic heterocycles. The van der Waals surface area contributed by atoms with E-state index in [1.165, 1.54) is 0 Å². The molecule has 1 heterocycles. The van der Waals surface area contributed by atoms with Gasteiger partial charge in [-0.1, -0.05) is 44.2 Å². The van der Waals surface area contributed by atoms with Crippen LogP contribution in [-0.4, -0.2) is 41.6 Å². The van der Waals surface area contributed by atoms with E-state index in [1.54, 1.807) is 20.8 Å². The molecule has 0 spiro atoms. The first-order valence-electron chi connectivity index (χ1n) is 11.9. The van der Waals surface area contributed by atoms with Crippen molar-refractivity contribution >= 4 is 18.0 Å². The number of rotatable bonds is 11. The SMILES string of the molecule is CC(C)C[C@H](NC(=O)OC(C)(C)C)c1nc(C(=O)NCCCCNC(=N)N)c(-c2ccccc2)o1. The summed E-state index contributed by atoms with van der Waals surface area (Å²) >= 11 is 0. The molecule has 0 radical (unpaired) electrons. The number of amides is 2. The van der Waals surface area contributed by atoms with Gasteiger partial charge in [-0.3, -0.25) is 10.2 Å². The fourth-order valence-corrected chi connectivity index (χ4v) is 3.33. The van der Waals surface area contributed by atoms with E-state index in [0.717, 1.165) is 6.42 Å². The van der Waals surface area contributed by atoms with Gasteiger partial charge in [-0.25, -0.2) is 9.78 Å². The average molecular weight is 487 g/mol. The number of ether oxygens (including phenoxy) is 1. The maximum absolute atomic E-state index is 13.0. The fraction of sp³-hybridized carbons (Fsp3) is 0.520. The zero-order valence-electron chi connectivity index (χ0n) is 21.2. The molecule has 192 valence electrons. The van der Waals surface area contributed by atoms with Crippen molar-refractivity contribution < 1.29 is 18.7 Å². The number of aromatic nitrogens is 1. The van der Waals surface area contributed by atoms with E-state index in [4.69, 9.17) is 20.3 Å². The third-order valence-electron chi connectivity index (χ3n) is 4.80. The summed E-state index contributed by atoms with van der Waals surface area (Å²) in [6.07, 6.45) is 1.42. The number of nitrogens with one attached hydrogen (secondary N) is 4. The van der Waals surface area contributed by atoms with Gasteiger partial charge in [-0.2, -0.15) is 0 Å². The number of guanidine groups is 1. The van der Waals surface area contributed by atoms with Crippen molar-refractivity contribution in [3.05, 3.63) is 41.9 Å². The number of carbonyl (C=O) groups excluding carboxylic acids is 2. The standard InChI is InChI=1S/C25H38N6O4/c1-16(2)15-18(30-24(33)35-25(3,4)5)22-31-19(20(34-22)17-11-7-6-8-12-17)21(32)28-13-9-10-14-29-23(26)27/h6-8,11-12,16,18H,9-10,13-15H2,1-5H3,(H,28,32)(H,30,33)(H4,26,27,29)/t18-/m0/s1. The topological polar surface area (TPSA) is 155 Å². The molecule has 2 rings (SSSR count). The Hall–Kier alpha value is -3.56. The third-order valence-corrected chi connectivity index (χ3v) is 4.80. The number of hydrogen-bond donors (Lipinski definition) is 5. The van der Waals surface area contributed by atoms with Crippen molar-refractivity contribution in [1.29, 1.82) is 5.41 Å². The molecule has 2 aromatic rings. The van der Waals surface area contributed by atoms with Gasteiger partial charge >= 0.3 is 6.09 Å². The highest BCUT2D eigenvalue weighted by atomic mass is 16.6. The van der Waals surface area contributed by atoms with Crippen LogP contribution in [0.3, 0.4) is 0 Å². The van der Waals surface area contributed by atoms with Crippen LogP contribution in [0.25, 0.3) is 11.3 Å². The Morgan fingerprint density at radius 3 is 2.31 bits per heavy atom. The van der Waals surface area contributed by atoms with E-state index in [9.17, 15) is 9.59 Å². The van der Waals surface area contributed by atoms with Crippen LogP contribution >= 0.6 is 0 Å². The zero-order chi connectivity index (χ0) is 26.0. The Morgan fingerprint density at radius 1 is 1.11 bits per heavy atom. The van der Waals surface area contributed by atoms with Crippen molar-refractivity contribution in [2.24, 2.45) is 11.7 Å². The predicted molar refractivity (Wildman–Crippen MR) is 135 cm³/mol. The molecule has 0 unspecified atom stereocenters. The van der Waals surface area contributed by atoms with Gasteiger partial charge in [0.15, 0.2) is 17.4 Å². The summed E-state index contributed by atoms with van der Waals surface area (Å²) in [5, 5.41) is 15.6. The largest absolute Gasteiger partial charge is 0.444 e. The normalized spacial score (nSPS) is 12.2. The molecule has 1 aromatic carbocycles. The number of nitrogens with zero attached hydrogens (tertiary/aromatic N) is 1. The first-order valence-corrected chi connectivity index (χ1v) is 11.9. The number of alkyl carbamates (subject to hydrolysis) is 1. The second kappa shape index (κ2) is 12.8. The van der Waals surface area contributed by atoms with Gasteiger partial charge in [0.1, 0.15) is 11.6 Å². The second-order valence-corrected chi connectivity index (χ2v) is 9.73. The van der Waals surface area contributed by atoms with Crippen molar-refractivity contribution in [2.45, 2.75) is 65.5 Å². The Bertz CT molecular complexity index is 982. The summed E-state index contributed by atoms with van der Waals surface area (Å²) in [5.41, 5.74) is 5.49. The summed E-state index contributed by atoms with van der Waals surface area (Å²) in [6, 6.07) is 8.70. The highest BCUT2D eigenvalue weighted by Crippen LogP contribution is 2.30. The Balaban J connectivity index is 2.25. The minimum Gasteiger partial charge on any atom is -0.444 e. The number of nitrogens with two attached hydrogens (primary N) is 1. The molecule has 0 fully saturated rings. The summed E-state index contributed by atoms with van der Waals surface area (Å²) in [7, 11) is 0. The summed E-state index contributed by atoms with van der Waals surface area (Å²) in [4.78, 5) is 30.0. The van der Waals surface area contributed by atoms with Gasteiger partial charge in [0.2, 0.25) is 5.89 Å². The van der Waals surface area contributed by atoms with Gasteiger partial charge < -0.3 is 30.8 Å². The first-order chi connectivity index (χ1) is 16.5. The molecule has 2 amide bonds.